The lowest BCUT2D eigenvalue weighted by Gasteiger charge is -2.32. The average Bonchev–Trinajstić information content (AvgIpc) is 3.07. The average molecular weight is 453 g/mol. The Bertz CT molecular complexity index is 1080. The van der Waals surface area contributed by atoms with Crippen molar-refractivity contribution < 1.29 is 4.79 Å². The molecule has 8 heteroatoms. The van der Waals surface area contributed by atoms with E-state index in [0.717, 1.165) is 50.2 Å². The van der Waals surface area contributed by atoms with Crippen molar-refractivity contribution in [3.8, 4) is 11.4 Å². The molecule has 168 valence electrons. The third-order valence-electron chi connectivity index (χ3n) is 6.75. The molecule has 5 rings (SSSR count). The summed E-state index contributed by atoms with van der Waals surface area (Å²) < 4.78 is 1.75. The van der Waals surface area contributed by atoms with Crippen LogP contribution < -0.4 is 10.2 Å². The summed E-state index contributed by atoms with van der Waals surface area (Å²) in [4.78, 5) is 15.1. The Morgan fingerprint density at radius 1 is 0.938 bits per heavy atom. The van der Waals surface area contributed by atoms with Gasteiger partial charge < -0.3 is 10.2 Å². The topological polar surface area (TPSA) is 75.4 Å². The van der Waals surface area contributed by atoms with Crippen molar-refractivity contribution in [3.05, 3.63) is 41.4 Å². The number of aromatic nitrogens is 4. The summed E-state index contributed by atoms with van der Waals surface area (Å²) in [5, 5.41) is 17.3. The van der Waals surface area contributed by atoms with E-state index in [1.165, 1.54) is 25.7 Å². The summed E-state index contributed by atoms with van der Waals surface area (Å²) in [6, 6.07) is 11.9. The van der Waals surface area contributed by atoms with Crippen LogP contribution in [0.4, 0.5) is 5.82 Å². The molecule has 7 nitrogen and oxygen atoms in total. The van der Waals surface area contributed by atoms with E-state index in [0.29, 0.717) is 22.5 Å². The molecule has 2 fully saturated rings. The first-order chi connectivity index (χ1) is 15.7. The van der Waals surface area contributed by atoms with Gasteiger partial charge in [0.15, 0.2) is 11.5 Å². The van der Waals surface area contributed by atoms with Gasteiger partial charge in [0.1, 0.15) is 5.82 Å². The van der Waals surface area contributed by atoms with Gasteiger partial charge in [0, 0.05) is 30.6 Å². The van der Waals surface area contributed by atoms with Crippen molar-refractivity contribution in [1.82, 2.24) is 25.1 Å². The molecule has 1 aromatic carbocycles. The van der Waals surface area contributed by atoms with Gasteiger partial charge in [-0.1, -0.05) is 49.4 Å². The van der Waals surface area contributed by atoms with Gasteiger partial charge in [-0.2, -0.15) is 4.52 Å². The van der Waals surface area contributed by atoms with Crippen LogP contribution in [0, 0.1) is 5.92 Å². The van der Waals surface area contributed by atoms with Crippen LogP contribution in [0.25, 0.3) is 17.0 Å². The van der Waals surface area contributed by atoms with E-state index in [2.05, 4.69) is 20.4 Å². The highest BCUT2D eigenvalue weighted by molar-refractivity contribution is 6.33. The van der Waals surface area contributed by atoms with E-state index < -0.39 is 0 Å². The Hall–Kier alpha value is -2.67. The Balaban J connectivity index is 1.26. The molecule has 0 unspecified atom stereocenters. The molecule has 1 N–H and O–H groups in total. The van der Waals surface area contributed by atoms with Crippen molar-refractivity contribution in [2.45, 2.75) is 57.4 Å². The zero-order chi connectivity index (χ0) is 21.9. The van der Waals surface area contributed by atoms with E-state index in [1.807, 2.05) is 36.4 Å². The second-order valence-electron chi connectivity index (χ2n) is 8.92. The molecule has 1 aliphatic heterocycles. The van der Waals surface area contributed by atoms with Gasteiger partial charge in [0.25, 0.3) is 0 Å². The maximum absolute atomic E-state index is 12.8. The van der Waals surface area contributed by atoms with Crippen LogP contribution in [0.15, 0.2) is 36.4 Å². The minimum Gasteiger partial charge on any atom is -0.355 e. The molecule has 1 saturated carbocycles. The lowest BCUT2D eigenvalue weighted by molar-refractivity contribution is -0.126. The van der Waals surface area contributed by atoms with Gasteiger partial charge in [-0.15, -0.1) is 15.3 Å². The summed E-state index contributed by atoms with van der Waals surface area (Å²) in [6.07, 6.45) is 9.01. The summed E-state index contributed by atoms with van der Waals surface area (Å²) in [6.45, 7) is 1.62. The third-order valence-corrected chi connectivity index (χ3v) is 7.08. The predicted molar refractivity (Wildman–Crippen MR) is 126 cm³/mol. The fraction of sp³-hybridized carbons (Fsp3) is 0.500. The molecule has 0 spiro atoms. The second-order valence-corrected chi connectivity index (χ2v) is 9.33. The SMILES string of the molecule is O=C(NC1CCCCCC1)C1CCN(c2ccc3nnc(-c4ccccc4Cl)n3n2)CC1. The van der Waals surface area contributed by atoms with Gasteiger partial charge in [0.2, 0.25) is 5.91 Å². The van der Waals surface area contributed by atoms with Crippen molar-refractivity contribution in [2.24, 2.45) is 5.92 Å². The number of hydrogen-bond acceptors (Lipinski definition) is 5. The fourth-order valence-corrected chi connectivity index (χ4v) is 5.09. The number of hydrogen-bond donors (Lipinski definition) is 1. The molecule has 0 bridgehead atoms. The number of benzene rings is 1. The van der Waals surface area contributed by atoms with Crippen LogP contribution in [0.3, 0.4) is 0 Å². The predicted octanol–water partition coefficient (Wildman–Crippen LogP) is 4.50. The minimum absolute atomic E-state index is 0.0897. The van der Waals surface area contributed by atoms with Crippen LogP contribution in [-0.4, -0.2) is 44.8 Å². The number of amides is 1. The van der Waals surface area contributed by atoms with Crippen LogP contribution in [0.1, 0.15) is 51.4 Å². The molecule has 0 atom stereocenters. The summed E-state index contributed by atoms with van der Waals surface area (Å²) in [5.74, 6) is 1.82. The van der Waals surface area contributed by atoms with E-state index in [4.69, 9.17) is 16.7 Å². The molecule has 32 heavy (non-hydrogen) atoms. The molecule has 3 heterocycles. The van der Waals surface area contributed by atoms with E-state index in [9.17, 15) is 4.79 Å². The zero-order valence-electron chi connectivity index (χ0n) is 18.2. The van der Waals surface area contributed by atoms with Crippen LogP contribution in [0.2, 0.25) is 5.02 Å². The number of piperidine rings is 1. The fourth-order valence-electron chi connectivity index (χ4n) is 4.87. The normalized spacial score (nSPS) is 18.6. The number of carbonyl (C=O) groups excluding carboxylic acids is 1. The van der Waals surface area contributed by atoms with Crippen LogP contribution in [-0.2, 0) is 4.79 Å². The van der Waals surface area contributed by atoms with Crippen molar-refractivity contribution in [2.75, 3.05) is 18.0 Å². The summed E-state index contributed by atoms with van der Waals surface area (Å²) >= 11 is 6.37. The van der Waals surface area contributed by atoms with Crippen LogP contribution >= 0.6 is 11.6 Å². The van der Waals surface area contributed by atoms with Gasteiger partial charge in [-0.25, -0.2) is 0 Å². The highest BCUT2D eigenvalue weighted by Crippen LogP contribution is 2.28. The number of rotatable bonds is 4. The second kappa shape index (κ2) is 9.45. The molecule has 2 aliphatic rings. The first-order valence-electron chi connectivity index (χ1n) is 11.7. The maximum atomic E-state index is 12.8. The van der Waals surface area contributed by atoms with Gasteiger partial charge in [-0.3, -0.25) is 4.79 Å². The van der Waals surface area contributed by atoms with Gasteiger partial charge >= 0.3 is 0 Å². The first-order valence-corrected chi connectivity index (χ1v) is 12.1. The number of fused-ring (bicyclic) bond motifs is 1. The number of halogens is 1. The van der Waals surface area contributed by atoms with Gasteiger partial charge in [0.05, 0.1) is 5.02 Å². The number of nitrogens with one attached hydrogen (secondary N) is 1. The van der Waals surface area contributed by atoms with Crippen molar-refractivity contribution in [1.29, 1.82) is 0 Å². The standard InChI is InChI=1S/C24H29ClN6O/c25-20-10-6-5-9-19(20)23-28-27-21-11-12-22(29-31(21)23)30-15-13-17(14-16-30)24(32)26-18-7-3-1-2-4-8-18/h5-6,9-12,17-18H,1-4,7-8,13-16H2,(H,26,32). The lowest BCUT2D eigenvalue weighted by atomic mass is 9.95. The van der Waals surface area contributed by atoms with Crippen molar-refractivity contribution >= 4 is 29.0 Å². The molecule has 1 amide bonds. The van der Waals surface area contributed by atoms with E-state index in [1.54, 1.807) is 4.52 Å². The van der Waals surface area contributed by atoms with E-state index in [-0.39, 0.29) is 11.8 Å². The van der Waals surface area contributed by atoms with Gasteiger partial charge in [-0.05, 0) is 49.9 Å². The smallest absolute Gasteiger partial charge is 0.223 e. The summed E-state index contributed by atoms with van der Waals surface area (Å²) in [5.41, 5.74) is 1.49. The Kier molecular flexibility index (Phi) is 6.26. The Morgan fingerprint density at radius 2 is 1.69 bits per heavy atom. The summed E-state index contributed by atoms with van der Waals surface area (Å²) in [7, 11) is 0. The molecule has 0 radical (unpaired) electrons. The molecular formula is C24H29ClN6O. The van der Waals surface area contributed by atoms with Crippen LogP contribution in [0.5, 0.6) is 0 Å². The molecule has 3 aromatic rings. The zero-order valence-corrected chi connectivity index (χ0v) is 19.0. The van der Waals surface area contributed by atoms with E-state index >= 15 is 0 Å². The van der Waals surface area contributed by atoms with Crippen molar-refractivity contribution in [3.63, 3.8) is 0 Å². The molecule has 1 aliphatic carbocycles. The minimum atomic E-state index is 0.0897. The highest BCUT2D eigenvalue weighted by atomic mass is 35.5. The quantitative estimate of drug-likeness (QED) is 0.590. The monoisotopic (exact) mass is 452 g/mol. The third kappa shape index (κ3) is 4.44. The molecule has 2 aromatic heterocycles. The Morgan fingerprint density at radius 3 is 2.44 bits per heavy atom. The first kappa shape index (κ1) is 21.2. The number of carbonyl (C=O) groups is 1. The highest BCUT2D eigenvalue weighted by Gasteiger charge is 2.27. The lowest BCUT2D eigenvalue weighted by Crippen LogP contribution is -2.44. The molecule has 1 saturated heterocycles. The maximum Gasteiger partial charge on any atom is 0.223 e. The largest absolute Gasteiger partial charge is 0.355 e. The number of nitrogens with zero attached hydrogens (tertiary/aromatic N) is 5. The Labute approximate surface area is 193 Å². The number of anilines is 1. The molecular weight excluding hydrogens is 424 g/mol.